The number of nitrogens with zero attached hydrogens (tertiary/aromatic N) is 1. The lowest BCUT2D eigenvalue weighted by Crippen LogP contribution is -2.20. The largest absolute Gasteiger partial charge is 0.707 e. The van der Waals surface area contributed by atoms with Gasteiger partial charge >= 0.3 is 7.32 Å². The monoisotopic (exact) mass is 235 g/mol. The molecule has 0 unspecified atom stereocenters. The first kappa shape index (κ1) is 11.3. The molecule has 0 saturated heterocycles. The second-order valence-corrected chi connectivity index (χ2v) is 3.99. The van der Waals surface area contributed by atoms with Crippen LogP contribution in [-0.2, 0) is 0 Å². The van der Waals surface area contributed by atoms with Crippen LogP contribution in [0.2, 0.25) is 0 Å². The van der Waals surface area contributed by atoms with Gasteiger partial charge in [0.1, 0.15) is 5.75 Å². The molecule has 0 spiro atoms. The van der Waals surface area contributed by atoms with Crippen LogP contribution in [0.5, 0.6) is 5.75 Å². The lowest BCUT2D eigenvalue weighted by Gasteiger charge is -2.10. The number of hydrogen-bond acceptors (Lipinski definition) is 5. The van der Waals surface area contributed by atoms with E-state index in [0.29, 0.717) is 5.75 Å². The minimum atomic E-state index is -1.81. The van der Waals surface area contributed by atoms with Gasteiger partial charge in [0.05, 0.1) is 5.52 Å². The van der Waals surface area contributed by atoms with Gasteiger partial charge in [0, 0.05) is 16.5 Å². The zero-order chi connectivity index (χ0) is 11.5. The summed E-state index contributed by atoms with van der Waals surface area (Å²) >= 11 is 1.47. The Morgan fingerprint density at radius 2 is 2.19 bits per heavy atom. The van der Waals surface area contributed by atoms with Gasteiger partial charge in [-0.2, -0.15) is 0 Å². The fourth-order valence-corrected chi connectivity index (χ4v) is 1.98. The quantitative estimate of drug-likeness (QED) is 0.620. The van der Waals surface area contributed by atoms with Crippen LogP contribution < -0.4 is 4.65 Å². The Balaban J connectivity index is 2.53. The lowest BCUT2D eigenvalue weighted by atomic mass is 10.2. The summed E-state index contributed by atoms with van der Waals surface area (Å²) in [5, 5.41) is 18.5. The Bertz CT molecular complexity index is 506. The SMILES string of the molecule is CSc1cc2ncccc2cc1OB(O)O. The molecular formula is C10H10BNO3S. The number of pyridine rings is 1. The van der Waals surface area contributed by atoms with Crippen LogP contribution in [0.1, 0.15) is 0 Å². The summed E-state index contributed by atoms with van der Waals surface area (Å²) in [6.45, 7) is 0. The van der Waals surface area contributed by atoms with E-state index in [4.69, 9.17) is 14.7 Å². The third-order valence-electron chi connectivity index (χ3n) is 2.12. The summed E-state index contributed by atoms with van der Waals surface area (Å²) in [5.41, 5.74) is 0.853. The maximum absolute atomic E-state index is 8.81. The predicted octanol–water partition coefficient (Wildman–Crippen LogP) is 1.31. The van der Waals surface area contributed by atoms with Crippen molar-refractivity contribution in [3.63, 3.8) is 0 Å². The molecule has 2 aromatic rings. The van der Waals surface area contributed by atoms with E-state index < -0.39 is 7.32 Å². The fourth-order valence-electron chi connectivity index (χ4n) is 1.45. The summed E-state index contributed by atoms with van der Waals surface area (Å²) < 4.78 is 4.91. The molecule has 0 aliphatic carbocycles. The molecule has 16 heavy (non-hydrogen) atoms. The lowest BCUT2D eigenvalue weighted by molar-refractivity contribution is 0.285. The van der Waals surface area contributed by atoms with Crippen molar-refractivity contribution < 1.29 is 14.7 Å². The van der Waals surface area contributed by atoms with Crippen LogP contribution in [0, 0.1) is 0 Å². The van der Waals surface area contributed by atoms with Crippen molar-refractivity contribution in [1.29, 1.82) is 0 Å². The van der Waals surface area contributed by atoms with E-state index in [9.17, 15) is 0 Å². The van der Waals surface area contributed by atoms with Gasteiger partial charge in [0.2, 0.25) is 0 Å². The Hall–Kier alpha value is -1.24. The number of fused-ring (bicyclic) bond motifs is 1. The van der Waals surface area contributed by atoms with E-state index in [1.165, 1.54) is 11.8 Å². The Morgan fingerprint density at radius 3 is 2.88 bits per heavy atom. The zero-order valence-corrected chi connectivity index (χ0v) is 9.44. The third kappa shape index (κ3) is 2.29. The van der Waals surface area contributed by atoms with Crippen LogP contribution in [0.15, 0.2) is 35.4 Å². The van der Waals surface area contributed by atoms with Crippen LogP contribution >= 0.6 is 11.8 Å². The number of benzene rings is 1. The highest BCUT2D eigenvalue weighted by Crippen LogP contribution is 2.31. The Morgan fingerprint density at radius 1 is 1.38 bits per heavy atom. The van der Waals surface area contributed by atoms with Crippen LogP contribution in [0.4, 0.5) is 0 Å². The first-order valence-corrected chi connectivity index (χ1v) is 5.89. The molecule has 2 rings (SSSR count). The van der Waals surface area contributed by atoms with Crippen molar-refractivity contribution in [3.05, 3.63) is 30.5 Å². The summed E-state index contributed by atoms with van der Waals surface area (Å²) in [4.78, 5) is 5.03. The molecule has 0 saturated carbocycles. The highest BCUT2D eigenvalue weighted by atomic mass is 32.2. The summed E-state index contributed by atoms with van der Waals surface area (Å²) in [7, 11) is -1.81. The minimum Gasteiger partial charge on any atom is -0.511 e. The number of rotatable bonds is 3. The molecule has 1 heterocycles. The Kier molecular flexibility index (Phi) is 3.33. The maximum atomic E-state index is 8.81. The summed E-state index contributed by atoms with van der Waals surface area (Å²) in [6.07, 6.45) is 3.61. The summed E-state index contributed by atoms with van der Waals surface area (Å²) in [6, 6.07) is 7.31. The maximum Gasteiger partial charge on any atom is 0.707 e. The minimum absolute atomic E-state index is 0.447. The molecule has 0 fully saturated rings. The molecule has 0 radical (unpaired) electrons. The first-order chi connectivity index (χ1) is 7.70. The van der Waals surface area contributed by atoms with Gasteiger partial charge in [-0.15, -0.1) is 11.8 Å². The smallest absolute Gasteiger partial charge is 0.511 e. The van der Waals surface area contributed by atoms with E-state index in [1.54, 1.807) is 12.3 Å². The highest BCUT2D eigenvalue weighted by molar-refractivity contribution is 7.98. The second-order valence-electron chi connectivity index (χ2n) is 3.14. The van der Waals surface area contributed by atoms with Crippen molar-refractivity contribution in [3.8, 4) is 5.75 Å². The van der Waals surface area contributed by atoms with Crippen LogP contribution in [0.25, 0.3) is 10.9 Å². The van der Waals surface area contributed by atoms with E-state index in [1.807, 2.05) is 24.5 Å². The average Bonchev–Trinajstić information content (AvgIpc) is 2.27. The topological polar surface area (TPSA) is 62.6 Å². The Labute approximate surface area is 97.5 Å². The second kappa shape index (κ2) is 4.73. The van der Waals surface area contributed by atoms with Crippen molar-refractivity contribution in [2.45, 2.75) is 4.90 Å². The first-order valence-electron chi connectivity index (χ1n) is 4.66. The standard InChI is InChI=1S/C10H10BNO3S/c1-16-10-6-8-7(3-2-4-12-8)5-9(10)15-11(13)14/h2-6,13-14H,1H3. The van der Waals surface area contributed by atoms with Crippen molar-refractivity contribution in [2.75, 3.05) is 6.26 Å². The van der Waals surface area contributed by atoms with E-state index in [-0.39, 0.29) is 0 Å². The molecule has 0 atom stereocenters. The molecule has 82 valence electrons. The molecule has 1 aromatic heterocycles. The van der Waals surface area contributed by atoms with Crippen molar-refractivity contribution >= 4 is 30.0 Å². The van der Waals surface area contributed by atoms with Gasteiger partial charge in [-0.05, 0) is 24.5 Å². The van der Waals surface area contributed by atoms with Crippen LogP contribution in [-0.4, -0.2) is 28.6 Å². The van der Waals surface area contributed by atoms with Gasteiger partial charge < -0.3 is 14.7 Å². The van der Waals surface area contributed by atoms with Gasteiger partial charge in [-0.3, -0.25) is 4.98 Å². The van der Waals surface area contributed by atoms with Gasteiger partial charge in [-0.1, -0.05) is 6.07 Å². The number of aromatic nitrogens is 1. The molecule has 4 nitrogen and oxygen atoms in total. The summed E-state index contributed by atoms with van der Waals surface area (Å²) in [5.74, 6) is 0.447. The molecule has 6 heteroatoms. The normalized spacial score (nSPS) is 10.4. The van der Waals surface area contributed by atoms with Gasteiger partial charge in [0.25, 0.3) is 0 Å². The molecular weight excluding hydrogens is 225 g/mol. The molecule has 1 aromatic carbocycles. The van der Waals surface area contributed by atoms with E-state index >= 15 is 0 Å². The molecule has 2 N–H and O–H groups in total. The van der Waals surface area contributed by atoms with Crippen molar-refractivity contribution in [1.82, 2.24) is 4.98 Å². The van der Waals surface area contributed by atoms with Crippen molar-refractivity contribution in [2.24, 2.45) is 0 Å². The van der Waals surface area contributed by atoms with Gasteiger partial charge in [-0.25, -0.2) is 0 Å². The zero-order valence-electron chi connectivity index (χ0n) is 8.62. The fraction of sp³-hybridized carbons (Fsp3) is 0.100. The number of thioether (sulfide) groups is 1. The number of hydrogen-bond donors (Lipinski definition) is 2. The average molecular weight is 235 g/mol. The molecule has 0 aliphatic heterocycles. The molecule has 0 amide bonds. The van der Waals surface area contributed by atoms with E-state index in [0.717, 1.165) is 15.8 Å². The molecule has 0 bridgehead atoms. The highest BCUT2D eigenvalue weighted by Gasteiger charge is 2.15. The molecule has 0 aliphatic rings. The predicted molar refractivity (Wildman–Crippen MR) is 64.3 cm³/mol. The third-order valence-corrected chi connectivity index (χ3v) is 2.88. The van der Waals surface area contributed by atoms with Crippen LogP contribution in [0.3, 0.4) is 0 Å². The van der Waals surface area contributed by atoms with E-state index in [2.05, 4.69) is 4.98 Å². The van der Waals surface area contributed by atoms with Gasteiger partial charge in [0.15, 0.2) is 0 Å².